The van der Waals surface area contributed by atoms with Crippen molar-refractivity contribution in [2.75, 3.05) is 11.9 Å². The van der Waals surface area contributed by atoms with Gasteiger partial charge in [-0.1, -0.05) is 13.3 Å². The summed E-state index contributed by atoms with van der Waals surface area (Å²) in [5, 5.41) is 11.0. The van der Waals surface area contributed by atoms with Crippen molar-refractivity contribution < 1.29 is 4.79 Å². The fraction of sp³-hybridized carbons (Fsp3) is 0.357. The quantitative estimate of drug-likeness (QED) is 0.836. The van der Waals surface area contributed by atoms with Gasteiger partial charge in [0.05, 0.1) is 24.0 Å². The van der Waals surface area contributed by atoms with Crippen molar-refractivity contribution >= 4 is 11.6 Å². The fourth-order valence-corrected chi connectivity index (χ4v) is 1.98. The smallest absolute Gasteiger partial charge is 0.228 e. The third-order valence-electron chi connectivity index (χ3n) is 3.08. The number of benzene rings is 1. The van der Waals surface area contributed by atoms with Gasteiger partial charge < -0.3 is 11.1 Å². The Morgan fingerprint density at radius 2 is 1.95 bits per heavy atom. The molecule has 2 aromatic rings. The molecule has 6 heteroatoms. The third kappa shape index (κ3) is 3.42. The maximum Gasteiger partial charge on any atom is 0.228 e. The highest BCUT2D eigenvalue weighted by molar-refractivity contribution is 5.92. The standard InChI is InChI=1S/C14H19N5O/c1-2-3-11(10-15)14(20)18-12-4-6-13(7-5-12)19-16-8-9-17-19/h4-9,11H,2-3,10,15H2,1H3,(H,18,20). The van der Waals surface area contributed by atoms with Crippen molar-refractivity contribution in [3.05, 3.63) is 36.7 Å². The van der Waals surface area contributed by atoms with Crippen LogP contribution in [-0.4, -0.2) is 27.4 Å². The molecule has 0 aliphatic heterocycles. The van der Waals surface area contributed by atoms with Crippen LogP contribution in [0.4, 0.5) is 5.69 Å². The minimum absolute atomic E-state index is 0.0284. The summed E-state index contributed by atoms with van der Waals surface area (Å²) in [7, 11) is 0. The van der Waals surface area contributed by atoms with Gasteiger partial charge in [0.15, 0.2) is 0 Å². The first-order valence-corrected chi connectivity index (χ1v) is 6.72. The number of aromatic nitrogens is 3. The van der Waals surface area contributed by atoms with Crippen LogP contribution in [0.1, 0.15) is 19.8 Å². The van der Waals surface area contributed by atoms with Gasteiger partial charge in [-0.05, 0) is 30.7 Å². The second-order valence-electron chi connectivity index (χ2n) is 4.58. The summed E-state index contributed by atoms with van der Waals surface area (Å²) in [4.78, 5) is 13.5. The molecule has 3 N–H and O–H groups in total. The Morgan fingerprint density at radius 3 is 2.50 bits per heavy atom. The van der Waals surface area contributed by atoms with Crippen LogP contribution in [0.15, 0.2) is 36.7 Å². The van der Waals surface area contributed by atoms with E-state index in [2.05, 4.69) is 15.5 Å². The molecule has 1 amide bonds. The van der Waals surface area contributed by atoms with E-state index in [1.807, 2.05) is 31.2 Å². The number of rotatable bonds is 6. The molecule has 1 atom stereocenters. The second-order valence-corrected chi connectivity index (χ2v) is 4.58. The highest BCUT2D eigenvalue weighted by Gasteiger charge is 2.15. The molecule has 1 aromatic heterocycles. The molecule has 1 aromatic carbocycles. The summed E-state index contributed by atoms with van der Waals surface area (Å²) in [6.45, 7) is 2.41. The number of hydrogen-bond acceptors (Lipinski definition) is 4. The lowest BCUT2D eigenvalue weighted by atomic mass is 10.0. The lowest BCUT2D eigenvalue weighted by molar-refractivity contribution is -0.119. The molecule has 1 heterocycles. The SMILES string of the molecule is CCCC(CN)C(=O)Nc1ccc(-n2nccn2)cc1. The van der Waals surface area contributed by atoms with Crippen LogP contribution in [0, 0.1) is 5.92 Å². The summed E-state index contributed by atoms with van der Waals surface area (Å²) in [6.07, 6.45) is 4.98. The van der Waals surface area contributed by atoms with Crippen LogP contribution in [0.2, 0.25) is 0 Å². The van der Waals surface area contributed by atoms with Crippen LogP contribution in [0.5, 0.6) is 0 Å². The highest BCUT2D eigenvalue weighted by atomic mass is 16.1. The van der Waals surface area contributed by atoms with Crippen molar-refractivity contribution in [2.24, 2.45) is 11.7 Å². The average Bonchev–Trinajstić information content (AvgIpc) is 2.99. The second kappa shape index (κ2) is 6.81. The molecular formula is C14H19N5O. The Morgan fingerprint density at radius 1 is 1.30 bits per heavy atom. The summed E-state index contributed by atoms with van der Waals surface area (Å²) in [5.74, 6) is -0.160. The van der Waals surface area contributed by atoms with Gasteiger partial charge in [-0.2, -0.15) is 15.0 Å². The minimum Gasteiger partial charge on any atom is -0.330 e. The van der Waals surface area contributed by atoms with Gasteiger partial charge >= 0.3 is 0 Å². The summed E-state index contributed by atoms with van der Waals surface area (Å²) in [5.41, 5.74) is 7.22. The molecule has 0 bridgehead atoms. The largest absolute Gasteiger partial charge is 0.330 e. The normalized spacial score (nSPS) is 12.1. The zero-order chi connectivity index (χ0) is 14.4. The van der Waals surface area contributed by atoms with E-state index in [9.17, 15) is 4.79 Å². The maximum absolute atomic E-state index is 12.0. The molecular weight excluding hydrogens is 254 g/mol. The van der Waals surface area contributed by atoms with E-state index in [0.717, 1.165) is 24.2 Å². The molecule has 20 heavy (non-hydrogen) atoms. The number of amides is 1. The molecule has 0 saturated heterocycles. The van der Waals surface area contributed by atoms with Gasteiger partial charge in [-0.3, -0.25) is 4.79 Å². The van der Waals surface area contributed by atoms with Gasteiger partial charge in [-0.25, -0.2) is 0 Å². The Kier molecular flexibility index (Phi) is 4.84. The molecule has 0 fully saturated rings. The van der Waals surface area contributed by atoms with Gasteiger partial charge in [0.1, 0.15) is 0 Å². The number of anilines is 1. The predicted octanol–water partition coefficient (Wildman–Crippen LogP) is 1.58. The van der Waals surface area contributed by atoms with Crippen molar-refractivity contribution in [2.45, 2.75) is 19.8 Å². The van der Waals surface area contributed by atoms with E-state index < -0.39 is 0 Å². The molecule has 0 radical (unpaired) electrons. The van der Waals surface area contributed by atoms with E-state index in [1.54, 1.807) is 12.4 Å². The van der Waals surface area contributed by atoms with Crippen molar-refractivity contribution in [1.29, 1.82) is 0 Å². The fourth-order valence-electron chi connectivity index (χ4n) is 1.98. The predicted molar refractivity (Wildman–Crippen MR) is 77.4 cm³/mol. The first kappa shape index (κ1) is 14.2. The number of hydrogen-bond donors (Lipinski definition) is 2. The summed E-state index contributed by atoms with van der Waals surface area (Å²) < 4.78 is 0. The summed E-state index contributed by atoms with van der Waals surface area (Å²) in [6, 6.07) is 7.37. The number of carbonyl (C=O) groups excluding carboxylic acids is 1. The first-order valence-electron chi connectivity index (χ1n) is 6.72. The molecule has 0 spiro atoms. The third-order valence-corrected chi connectivity index (χ3v) is 3.08. The molecule has 0 aliphatic carbocycles. The molecule has 1 unspecified atom stereocenters. The van der Waals surface area contributed by atoms with Gasteiger partial charge in [-0.15, -0.1) is 0 Å². The maximum atomic E-state index is 12.0. The highest BCUT2D eigenvalue weighted by Crippen LogP contribution is 2.14. The molecule has 0 saturated carbocycles. The van der Waals surface area contributed by atoms with Crippen LogP contribution < -0.4 is 11.1 Å². The first-order chi connectivity index (χ1) is 9.74. The van der Waals surface area contributed by atoms with Gasteiger partial charge in [0, 0.05) is 12.2 Å². The molecule has 106 valence electrons. The van der Waals surface area contributed by atoms with Crippen molar-refractivity contribution in [3.8, 4) is 5.69 Å². The lowest BCUT2D eigenvalue weighted by Gasteiger charge is -2.14. The minimum atomic E-state index is -0.132. The van der Waals surface area contributed by atoms with E-state index in [0.29, 0.717) is 6.54 Å². The zero-order valence-corrected chi connectivity index (χ0v) is 11.5. The van der Waals surface area contributed by atoms with E-state index in [-0.39, 0.29) is 11.8 Å². The van der Waals surface area contributed by atoms with Crippen molar-refractivity contribution in [1.82, 2.24) is 15.0 Å². The van der Waals surface area contributed by atoms with E-state index in [1.165, 1.54) is 4.80 Å². The van der Waals surface area contributed by atoms with E-state index in [4.69, 9.17) is 5.73 Å². The monoisotopic (exact) mass is 273 g/mol. The van der Waals surface area contributed by atoms with Crippen LogP contribution in [0.3, 0.4) is 0 Å². The zero-order valence-electron chi connectivity index (χ0n) is 11.5. The number of carbonyl (C=O) groups is 1. The topological polar surface area (TPSA) is 85.8 Å². The average molecular weight is 273 g/mol. The Hall–Kier alpha value is -2.21. The Bertz CT molecular complexity index is 535. The van der Waals surface area contributed by atoms with E-state index >= 15 is 0 Å². The van der Waals surface area contributed by atoms with Crippen LogP contribution >= 0.6 is 0 Å². The summed E-state index contributed by atoms with van der Waals surface area (Å²) >= 11 is 0. The van der Waals surface area contributed by atoms with Crippen LogP contribution in [0.25, 0.3) is 5.69 Å². The molecule has 2 rings (SSSR count). The van der Waals surface area contributed by atoms with Crippen LogP contribution in [-0.2, 0) is 4.79 Å². The number of nitrogens with one attached hydrogen (secondary N) is 1. The lowest BCUT2D eigenvalue weighted by Crippen LogP contribution is -2.29. The van der Waals surface area contributed by atoms with Gasteiger partial charge in [0.2, 0.25) is 5.91 Å². The Labute approximate surface area is 118 Å². The number of nitrogens with zero attached hydrogens (tertiary/aromatic N) is 3. The Balaban J connectivity index is 2.02. The molecule has 6 nitrogen and oxygen atoms in total. The van der Waals surface area contributed by atoms with Gasteiger partial charge in [0.25, 0.3) is 0 Å². The van der Waals surface area contributed by atoms with Crippen molar-refractivity contribution in [3.63, 3.8) is 0 Å². The molecule has 0 aliphatic rings. The number of nitrogens with two attached hydrogens (primary N) is 1.